The molecule has 0 saturated heterocycles. The SMILES string of the molecule is O=C(CNc1ccc(I)cc1)NN=Cc1cc(Br)c(O)c(Br)c1. The topological polar surface area (TPSA) is 73.7 Å². The van der Waals surface area contributed by atoms with Crippen LogP contribution in [-0.4, -0.2) is 23.8 Å². The number of phenols is 1. The number of halogens is 3. The molecule has 2 aromatic rings. The summed E-state index contributed by atoms with van der Waals surface area (Å²) in [4.78, 5) is 11.7. The van der Waals surface area contributed by atoms with Crippen molar-refractivity contribution < 1.29 is 9.90 Å². The van der Waals surface area contributed by atoms with Gasteiger partial charge in [0.25, 0.3) is 5.91 Å². The summed E-state index contributed by atoms with van der Waals surface area (Å²) in [5.74, 6) is -0.135. The fraction of sp³-hybridized carbons (Fsp3) is 0.0667. The summed E-state index contributed by atoms with van der Waals surface area (Å²) in [5, 5.41) is 16.5. The first-order valence-corrected chi connectivity index (χ1v) is 9.11. The fourth-order valence-electron chi connectivity index (χ4n) is 1.63. The number of carbonyl (C=O) groups is 1. The minimum atomic E-state index is -0.253. The molecule has 0 fully saturated rings. The number of hydrazone groups is 1. The zero-order chi connectivity index (χ0) is 16.8. The van der Waals surface area contributed by atoms with E-state index in [0.29, 0.717) is 8.95 Å². The number of benzene rings is 2. The van der Waals surface area contributed by atoms with Gasteiger partial charge in [-0.1, -0.05) is 0 Å². The molecule has 0 unspecified atom stereocenters. The molecule has 5 nitrogen and oxygen atoms in total. The van der Waals surface area contributed by atoms with E-state index in [1.54, 1.807) is 12.1 Å². The van der Waals surface area contributed by atoms with Crippen molar-refractivity contribution in [3.8, 4) is 5.75 Å². The molecule has 0 aliphatic rings. The Kier molecular flexibility index (Phi) is 6.85. The molecule has 1 amide bonds. The molecule has 2 aromatic carbocycles. The highest BCUT2D eigenvalue weighted by Gasteiger charge is 2.04. The monoisotopic (exact) mass is 551 g/mol. The van der Waals surface area contributed by atoms with Crippen LogP contribution in [0.4, 0.5) is 5.69 Å². The van der Waals surface area contributed by atoms with Crippen molar-refractivity contribution in [1.29, 1.82) is 0 Å². The highest BCUT2D eigenvalue weighted by atomic mass is 127. The molecule has 23 heavy (non-hydrogen) atoms. The average Bonchev–Trinajstić information content (AvgIpc) is 2.52. The Morgan fingerprint density at radius 2 is 1.83 bits per heavy atom. The largest absolute Gasteiger partial charge is 0.506 e. The zero-order valence-corrected chi connectivity index (χ0v) is 17.0. The number of nitrogens with zero attached hydrogens (tertiary/aromatic N) is 1. The van der Waals surface area contributed by atoms with Crippen LogP contribution >= 0.6 is 54.5 Å². The maximum atomic E-state index is 11.7. The molecule has 0 spiro atoms. The van der Waals surface area contributed by atoms with Gasteiger partial charge in [-0.2, -0.15) is 5.10 Å². The first-order chi connectivity index (χ1) is 11.0. The predicted octanol–water partition coefficient (Wildman–Crippen LogP) is 4.08. The van der Waals surface area contributed by atoms with E-state index in [4.69, 9.17) is 0 Å². The van der Waals surface area contributed by atoms with Gasteiger partial charge in [-0.15, -0.1) is 0 Å². The number of anilines is 1. The Balaban J connectivity index is 1.85. The Morgan fingerprint density at radius 3 is 2.43 bits per heavy atom. The number of rotatable bonds is 5. The van der Waals surface area contributed by atoms with Crippen LogP contribution in [0.3, 0.4) is 0 Å². The van der Waals surface area contributed by atoms with Crippen LogP contribution in [0.5, 0.6) is 5.75 Å². The average molecular weight is 553 g/mol. The van der Waals surface area contributed by atoms with Crippen LogP contribution in [0.25, 0.3) is 0 Å². The fourth-order valence-corrected chi connectivity index (χ4v) is 3.21. The van der Waals surface area contributed by atoms with Crippen molar-refractivity contribution in [1.82, 2.24) is 5.43 Å². The van der Waals surface area contributed by atoms with Crippen molar-refractivity contribution in [2.24, 2.45) is 5.10 Å². The Morgan fingerprint density at radius 1 is 1.22 bits per heavy atom. The smallest absolute Gasteiger partial charge is 0.259 e. The van der Waals surface area contributed by atoms with E-state index in [0.717, 1.165) is 14.8 Å². The number of aromatic hydroxyl groups is 1. The number of nitrogens with one attached hydrogen (secondary N) is 2. The van der Waals surface area contributed by atoms with Gasteiger partial charge in [-0.05, 0) is 96.4 Å². The normalized spacial score (nSPS) is 10.7. The Bertz CT molecular complexity index is 713. The lowest BCUT2D eigenvalue weighted by molar-refractivity contribution is -0.119. The van der Waals surface area contributed by atoms with Crippen molar-refractivity contribution in [2.45, 2.75) is 0 Å². The molecular weight excluding hydrogens is 541 g/mol. The first kappa shape index (κ1) is 18.2. The number of amides is 1. The number of hydrogen-bond acceptors (Lipinski definition) is 4. The summed E-state index contributed by atoms with van der Waals surface area (Å²) in [6.45, 7) is 0.126. The van der Waals surface area contributed by atoms with Gasteiger partial charge in [0, 0.05) is 9.26 Å². The summed E-state index contributed by atoms with van der Waals surface area (Å²) in [7, 11) is 0. The van der Waals surface area contributed by atoms with Gasteiger partial charge in [0.15, 0.2) is 0 Å². The lowest BCUT2D eigenvalue weighted by Gasteiger charge is -2.05. The molecule has 0 heterocycles. The van der Waals surface area contributed by atoms with E-state index in [9.17, 15) is 9.90 Å². The molecule has 0 bridgehead atoms. The summed E-state index contributed by atoms with van der Waals surface area (Å²) in [6.07, 6.45) is 1.50. The van der Waals surface area contributed by atoms with Gasteiger partial charge < -0.3 is 10.4 Å². The van der Waals surface area contributed by atoms with Gasteiger partial charge in [0.1, 0.15) is 5.75 Å². The van der Waals surface area contributed by atoms with E-state index in [1.807, 2.05) is 24.3 Å². The summed E-state index contributed by atoms with van der Waals surface area (Å²) in [5.41, 5.74) is 4.04. The molecule has 2 rings (SSSR count). The predicted molar refractivity (Wildman–Crippen MR) is 107 cm³/mol. The first-order valence-electron chi connectivity index (χ1n) is 6.45. The molecule has 0 atom stereocenters. The molecule has 0 aliphatic carbocycles. The zero-order valence-electron chi connectivity index (χ0n) is 11.7. The van der Waals surface area contributed by atoms with Crippen molar-refractivity contribution in [3.05, 3.63) is 54.5 Å². The summed E-state index contributed by atoms with van der Waals surface area (Å²) >= 11 is 8.69. The quantitative estimate of drug-likeness (QED) is 0.297. The number of phenolic OH excluding ortho intramolecular Hbond substituents is 1. The molecule has 0 aromatic heterocycles. The van der Waals surface area contributed by atoms with Crippen LogP contribution in [0.2, 0.25) is 0 Å². The molecule has 0 aliphatic heterocycles. The lowest BCUT2D eigenvalue weighted by atomic mass is 10.2. The van der Waals surface area contributed by atoms with Gasteiger partial charge >= 0.3 is 0 Å². The van der Waals surface area contributed by atoms with Gasteiger partial charge in [0.2, 0.25) is 0 Å². The minimum Gasteiger partial charge on any atom is -0.506 e. The third-order valence-corrected chi connectivity index (χ3v) is 4.67. The van der Waals surface area contributed by atoms with Gasteiger partial charge in [-0.25, -0.2) is 5.43 Å². The molecular formula is C15H12Br2IN3O2. The highest BCUT2D eigenvalue weighted by Crippen LogP contribution is 2.32. The summed E-state index contributed by atoms with van der Waals surface area (Å²) < 4.78 is 2.22. The maximum absolute atomic E-state index is 11.7. The second kappa shape index (κ2) is 8.65. The number of carbonyl (C=O) groups excluding carboxylic acids is 1. The van der Waals surface area contributed by atoms with E-state index in [2.05, 4.69) is 70.3 Å². The molecule has 3 N–H and O–H groups in total. The Hall–Kier alpha value is -1.13. The van der Waals surface area contributed by atoms with Crippen LogP contribution in [-0.2, 0) is 4.79 Å². The minimum absolute atomic E-state index is 0.118. The van der Waals surface area contributed by atoms with E-state index < -0.39 is 0 Å². The van der Waals surface area contributed by atoms with Crippen molar-refractivity contribution >= 4 is 72.3 Å². The second-order valence-electron chi connectivity index (χ2n) is 4.49. The van der Waals surface area contributed by atoms with Gasteiger partial charge in [0.05, 0.1) is 21.7 Å². The highest BCUT2D eigenvalue weighted by molar-refractivity contribution is 14.1. The van der Waals surface area contributed by atoms with E-state index in [-0.39, 0.29) is 18.2 Å². The molecule has 120 valence electrons. The van der Waals surface area contributed by atoms with Crippen molar-refractivity contribution in [3.63, 3.8) is 0 Å². The Labute approximate surface area is 164 Å². The van der Waals surface area contributed by atoms with E-state index >= 15 is 0 Å². The standard InChI is InChI=1S/C15H12Br2IN3O2/c16-12-5-9(6-13(17)15(12)23)7-20-21-14(22)8-19-11-3-1-10(18)2-4-11/h1-7,19,23H,8H2,(H,21,22). The molecule has 8 heteroatoms. The van der Waals surface area contributed by atoms with Crippen LogP contribution in [0, 0.1) is 3.57 Å². The number of hydrogen-bond donors (Lipinski definition) is 3. The van der Waals surface area contributed by atoms with Crippen LogP contribution < -0.4 is 10.7 Å². The van der Waals surface area contributed by atoms with Crippen LogP contribution in [0.1, 0.15) is 5.56 Å². The second-order valence-corrected chi connectivity index (χ2v) is 7.44. The third kappa shape index (κ3) is 5.78. The van der Waals surface area contributed by atoms with Crippen molar-refractivity contribution in [2.75, 3.05) is 11.9 Å². The lowest BCUT2D eigenvalue weighted by Crippen LogP contribution is -2.25. The van der Waals surface area contributed by atoms with E-state index in [1.165, 1.54) is 6.21 Å². The molecule has 0 saturated carbocycles. The van der Waals surface area contributed by atoms with Crippen LogP contribution in [0.15, 0.2) is 50.4 Å². The molecule has 0 radical (unpaired) electrons. The third-order valence-electron chi connectivity index (χ3n) is 2.74. The van der Waals surface area contributed by atoms with Gasteiger partial charge in [-0.3, -0.25) is 4.79 Å². The summed E-state index contributed by atoms with van der Waals surface area (Å²) in [6, 6.07) is 11.1. The maximum Gasteiger partial charge on any atom is 0.259 e.